The first-order valence-corrected chi connectivity index (χ1v) is 9.53. The molecule has 0 saturated carbocycles. The molecule has 124 valence electrons. The van der Waals surface area contributed by atoms with Crippen LogP contribution in [-0.4, -0.2) is 19.3 Å². The van der Waals surface area contributed by atoms with Gasteiger partial charge in [-0.15, -0.1) is 0 Å². The van der Waals surface area contributed by atoms with Crippen molar-refractivity contribution in [2.75, 3.05) is 6.54 Å². The van der Waals surface area contributed by atoms with Crippen molar-refractivity contribution in [2.45, 2.75) is 38.1 Å². The molecule has 0 atom stereocenters. The van der Waals surface area contributed by atoms with Crippen molar-refractivity contribution in [3.05, 3.63) is 66.2 Å². The van der Waals surface area contributed by atoms with Gasteiger partial charge in [-0.25, -0.2) is 8.42 Å². The topological polar surface area (TPSA) is 37.4 Å². The zero-order valence-corrected chi connectivity index (χ0v) is 14.7. The number of hydrogen-bond acceptors (Lipinski definition) is 2. The van der Waals surface area contributed by atoms with E-state index in [1.54, 1.807) is 28.6 Å². The molecule has 4 heteroatoms. The molecule has 0 bridgehead atoms. The number of benzene rings is 2. The molecule has 0 saturated heterocycles. The van der Waals surface area contributed by atoms with E-state index in [0.717, 1.165) is 18.4 Å². The zero-order valence-electron chi connectivity index (χ0n) is 13.9. The van der Waals surface area contributed by atoms with E-state index in [2.05, 4.69) is 13.8 Å². The highest BCUT2D eigenvalue weighted by atomic mass is 32.2. The second-order valence-corrected chi connectivity index (χ2v) is 8.11. The fraction of sp³-hybridized carbons (Fsp3) is 0.368. The highest BCUT2D eigenvalue weighted by Crippen LogP contribution is 2.19. The van der Waals surface area contributed by atoms with Crippen LogP contribution in [0.4, 0.5) is 0 Å². The quantitative estimate of drug-likeness (QED) is 0.722. The maximum atomic E-state index is 12.9. The lowest BCUT2D eigenvalue weighted by Gasteiger charge is -2.23. The predicted octanol–water partition coefficient (Wildman–Crippen LogP) is 4.31. The van der Waals surface area contributed by atoms with E-state index in [4.69, 9.17) is 0 Å². The maximum absolute atomic E-state index is 12.9. The minimum Gasteiger partial charge on any atom is -0.207 e. The molecule has 0 spiro atoms. The summed E-state index contributed by atoms with van der Waals surface area (Å²) >= 11 is 0. The van der Waals surface area contributed by atoms with Gasteiger partial charge < -0.3 is 0 Å². The predicted molar refractivity (Wildman–Crippen MR) is 94.6 cm³/mol. The summed E-state index contributed by atoms with van der Waals surface area (Å²) in [4.78, 5) is 0.362. The van der Waals surface area contributed by atoms with Crippen molar-refractivity contribution in [3.63, 3.8) is 0 Å². The zero-order chi connectivity index (χ0) is 16.7. The first-order valence-electron chi connectivity index (χ1n) is 8.09. The van der Waals surface area contributed by atoms with E-state index in [1.165, 1.54) is 0 Å². The Bertz CT molecular complexity index is 682. The van der Waals surface area contributed by atoms with Crippen molar-refractivity contribution in [1.82, 2.24) is 4.31 Å². The normalized spacial score (nSPS) is 12.0. The second-order valence-electron chi connectivity index (χ2n) is 6.17. The minimum absolute atomic E-state index is 0.362. The summed E-state index contributed by atoms with van der Waals surface area (Å²) in [5.41, 5.74) is 1.01. The Kier molecular flexibility index (Phi) is 6.37. The lowest BCUT2D eigenvalue weighted by Crippen LogP contribution is -2.31. The molecule has 2 aromatic rings. The van der Waals surface area contributed by atoms with Gasteiger partial charge in [-0.05, 0) is 36.5 Å². The highest BCUT2D eigenvalue weighted by Gasteiger charge is 2.24. The van der Waals surface area contributed by atoms with Crippen LogP contribution in [-0.2, 0) is 16.6 Å². The summed E-state index contributed by atoms with van der Waals surface area (Å²) in [6.07, 6.45) is 1.90. The van der Waals surface area contributed by atoms with Gasteiger partial charge in [0.15, 0.2) is 0 Å². The maximum Gasteiger partial charge on any atom is 0.243 e. The van der Waals surface area contributed by atoms with Crippen LogP contribution in [0.15, 0.2) is 65.6 Å². The van der Waals surface area contributed by atoms with Crippen molar-refractivity contribution in [3.8, 4) is 0 Å². The third kappa shape index (κ3) is 5.19. The average molecular weight is 331 g/mol. The van der Waals surface area contributed by atoms with Gasteiger partial charge in [-0.3, -0.25) is 0 Å². The largest absolute Gasteiger partial charge is 0.243 e. The van der Waals surface area contributed by atoms with Gasteiger partial charge in [0, 0.05) is 13.1 Å². The lowest BCUT2D eigenvalue weighted by molar-refractivity contribution is 0.382. The Balaban J connectivity index is 2.21. The molecule has 0 amide bonds. The molecule has 0 heterocycles. The van der Waals surface area contributed by atoms with Crippen molar-refractivity contribution in [2.24, 2.45) is 5.92 Å². The van der Waals surface area contributed by atoms with Crippen LogP contribution in [0.1, 0.15) is 32.3 Å². The number of rotatable bonds is 8. The molecule has 0 aliphatic heterocycles. The van der Waals surface area contributed by atoms with Gasteiger partial charge in [0.1, 0.15) is 0 Å². The van der Waals surface area contributed by atoms with Crippen molar-refractivity contribution in [1.29, 1.82) is 0 Å². The number of sulfonamides is 1. The number of nitrogens with zero attached hydrogens (tertiary/aromatic N) is 1. The van der Waals surface area contributed by atoms with Gasteiger partial charge in [0.2, 0.25) is 10.0 Å². The van der Waals surface area contributed by atoms with E-state index in [9.17, 15) is 8.42 Å². The molecule has 0 unspecified atom stereocenters. The van der Waals surface area contributed by atoms with E-state index >= 15 is 0 Å². The van der Waals surface area contributed by atoms with Crippen molar-refractivity contribution >= 4 is 10.0 Å². The first-order chi connectivity index (χ1) is 11.0. The number of hydrogen-bond donors (Lipinski definition) is 0. The third-order valence-electron chi connectivity index (χ3n) is 3.77. The SMILES string of the molecule is CC(C)CCCN(Cc1ccccc1)S(=O)(=O)c1ccccc1. The van der Waals surface area contributed by atoms with Gasteiger partial charge in [0.25, 0.3) is 0 Å². The molecular weight excluding hydrogens is 306 g/mol. The Labute approximate surface area is 140 Å². The molecular formula is C19H25NO2S. The Morgan fingerprint density at radius 2 is 1.48 bits per heavy atom. The van der Waals surface area contributed by atoms with Crippen molar-refractivity contribution < 1.29 is 8.42 Å². The molecule has 0 N–H and O–H groups in total. The summed E-state index contributed by atoms with van der Waals surface area (Å²) in [7, 11) is -3.46. The molecule has 23 heavy (non-hydrogen) atoms. The van der Waals surface area contributed by atoms with Crippen LogP contribution < -0.4 is 0 Å². The van der Waals surface area contributed by atoms with Gasteiger partial charge in [-0.2, -0.15) is 4.31 Å². The minimum atomic E-state index is -3.46. The fourth-order valence-corrected chi connectivity index (χ4v) is 3.98. The molecule has 0 fully saturated rings. The van der Waals surface area contributed by atoms with E-state index < -0.39 is 10.0 Å². The summed E-state index contributed by atoms with van der Waals surface area (Å²) < 4.78 is 27.5. The van der Waals surface area contributed by atoms with Crippen LogP contribution in [0.2, 0.25) is 0 Å². The fourth-order valence-electron chi connectivity index (χ4n) is 2.49. The Hall–Kier alpha value is -1.65. The Morgan fingerprint density at radius 1 is 0.913 bits per heavy atom. The van der Waals surface area contributed by atoms with Gasteiger partial charge in [0.05, 0.1) is 4.90 Å². The first kappa shape index (κ1) is 17.7. The van der Waals surface area contributed by atoms with Crippen LogP contribution in [0, 0.1) is 5.92 Å². The molecule has 0 aliphatic rings. The van der Waals surface area contributed by atoms with Gasteiger partial charge >= 0.3 is 0 Å². The highest BCUT2D eigenvalue weighted by molar-refractivity contribution is 7.89. The van der Waals surface area contributed by atoms with E-state index in [0.29, 0.717) is 23.9 Å². The molecule has 0 aliphatic carbocycles. The smallest absolute Gasteiger partial charge is 0.207 e. The standard InChI is InChI=1S/C19H25NO2S/c1-17(2)10-9-15-20(16-18-11-5-3-6-12-18)23(21,22)19-13-7-4-8-14-19/h3-8,11-14,17H,9-10,15-16H2,1-2H3. The van der Waals surface area contributed by atoms with E-state index in [1.807, 2.05) is 36.4 Å². The third-order valence-corrected chi connectivity index (χ3v) is 5.63. The summed E-state index contributed by atoms with van der Waals surface area (Å²) in [6, 6.07) is 18.5. The van der Waals surface area contributed by atoms with E-state index in [-0.39, 0.29) is 0 Å². The Morgan fingerprint density at radius 3 is 2.04 bits per heavy atom. The van der Waals surface area contributed by atoms with Crippen LogP contribution in [0.3, 0.4) is 0 Å². The van der Waals surface area contributed by atoms with Crippen LogP contribution in [0.5, 0.6) is 0 Å². The lowest BCUT2D eigenvalue weighted by atomic mass is 10.1. The molecule has 2 rings (SSSR count). The summed E-state index contributed by atoms with van der Waals surface area (Å²) in [5.74, 6) is 0.577. The molecule has 3 nitrogen and oxygen atoms in total. The monoisotopic (exact) mass is 331 g/mol. The van der Waals surface area contributed by atoms with Crippen LogP contribution >= 0.6 is 0 Å². The molecule has 0 aromatic heterocycles. The molecule has 2 aromatic carbocycles. The molecule has 0 radical (unpaired) electrons. The summed E-state index contributed by atoms with van der Waals surface area (Å²) in [6.45, 7) is 5.28. The second kappa shape index (κ2) is 8.27. The van der Waals surface area contributed by atoms with Gasteiger partial charge in [-0.1, -0.05) is 62.4 Å². The summed E-state index contributed by atoms with van der Waals surface area (Å²) in [5, 5.41) is 0. The average Bonchev–Trinajstić information content (AvgIpc) is 2.55. The van der Waals surface area contributed by atoms with Crippen LogP contribution in [0.25, 0.3) is 0 Å².